The minimum absolute atomic E-state index is 0.416. The van der Waals surface area contributed by atoms with Crippen LogP contribution < -0.4 is 5.32 Å². The first kappa shape index (κ1) is 9.98. The third-order valence-corrected chi connectivity index (χ3v) is 4.61. The number of rotatable bonds is 2. The van der Waals surface area contributed by atoms with Gasteiger partial charge in [-0.05, 0) is 28.1 Å². The lowest BCUT2D eigenvalue weighted by Gasteiger charge is -2.22. The number of hydrogen-bond donors (Lipinski definition) is 1. The molecule has 0 radical (unpaired) electrons. The van der Waals surface area contributed by atoms with Gasteiger partial charge in [0.15, 0.2) is 0 Å². The quantitative estimate of drug-likeness (QED) is 0.899. The molecule has 1 aliphatic rings. The van der Waals surface area contributed by atoms with Crippen molar-refractivity contribution in [2.45, 2.75) is 9.58 Å². The Morgan fingerprint density at radius 2 is 2.54 bits per heavy atom. The molecular formula is C8H10BrNOS2. The lowest BCUT2D eigenvalue weighted by atomic mass is 10.5. The third kappa shape index (κ3) is 2.95. The maximum Gasteiger partial charge on any atom is 0.0825 e. The molecule has 72 valence electrons. The van der Waals surface area contributed by atoms with Gasteiger partial charge in [-0.25, -0.2) is 0 Å². The Bertz CT molecular complexity index is 273. The molecular weight excluding hydrogens is 270 g/mol. The first-order valence-electron chi connectivity index (χ1n) is 4.08. The Hall–Kier alpha value is 0.450. The van der Waals surface area contributed by atoms with Crippen molar-refractivity contribution in [2.24, 2.45) is 0 Å². The summed E-state index contributed by atoms with van der Waals surface area (Å²) in [4.78, 5) is 0. The van der Waals surface area contributed by atoms with E-state index in [1.54, 1.807) is 11.3 Å². The zero-order valence-electron chi connectivity index (χ0n) is 6.96. The number of thioether (sulfide) groups is 1. The van der Waals surface area contributed by atoms with E-state index in [2.05, 4.69) is 33.4 Å². The van der Waals surface area contributed by atoms with Crippen molar-refractivity contribution in [1.82, 2.24) is 5.32 Å². The number of hydrogen-bond acceptors (Lipinski definition) is 4. The SMILES string of the molecule is Brc1ccc(SC2COCCN2)s1. The van der Waals surface area contributed by atoms with Gasteiger partial charge in [-0.1, -0.05) is 11.8 Å². The van der Waals surface area contributed by atoms with Crippen molar-refractivity contribution in [1.29, 1.82) is 0 Å². The van der Waals surface area contributed by atoms with Crippen LogP contribution in [0.4, 0.5) is 0 Å². The number of ether oxygens (including phenoxy) is 1. The van der Waals surface area contributed by atoms with Crippen LogP contribution >= 0.6 is 39.0 Å². The fourth-order valence-corrected chi connectivity index (χ4v) is 4.16. The minimum Gasteiger partial charge on any atom is -0.378 e. The standard InChI is InChI=1S/C8H10BrNOS2/c9-6-1-2-8(12-6)13-7-5-11-4-3-10-7/h1-2,7,10H,3-5H2. The monoisotopic (exact) mass is 279 g/mol. The van der Waals surface area contributed by atoms with Crippen LogP contribution in [0.25, 0.3) is 0 Å². The topological polar surface area (TPSA) is 21.3 Å². The van der Waals surface area contributed by atoms with E-state index in [-0.39, 0.29) is 0 Å². The predicted octanol–water partition coefficient (Wildman–Crippen LogP) is 2.55. The smallest absolute Gasteiger partial charge is 0.0825 e. The number of halogens is 1. The molecule has 1 unspecified atom stereocenters. The van der Waals surface area contributed by atoms with Crippen LogP contribution in [-0.4, -0.2) is 25.1 Å². The number of morpholine rings is 1. The van der Waals surface area contributed by atoms with Crippen LogP contribution in [0.1, 0.15) is 0 Å². The molecule has 2 rings (SSSR count). The molecule has 13 heavy (non-hydrogen) atoms. The first-order chi connectivity index (χ1) is 6.34. The van der Waals surface area contributed by atoms with Crippen molar-refractivity contribution in [3.05, 3.63) is 15.9 Å². The molecule has 0 aliphatic carbocycles. The van der Waals surface area contributed by atoms with Gasteiger partial charge in [0.2, 0.25) is 0 Å². The zero-order valence-corrected chi connectivity index (χ0v) is 10.2. The summed E-state index contributed by atoms with van der Waals surface area (Å²) in [6, 6.07) is 4.21. The van der Waals surface area contributed by atoms with Crippen LogP contribution in [0.5, 0.6) is 0 Å². The zero-order chi connectivity index (χ0) is 9.10. The summed E-state index contributed by atoms with van der Waals surface area (Å²) in [7, 11) is 0. The maximum absolute atomic E-state index is 5.37. The summed E-state index contributed by atoms with van der Waals surface area (Å²) in [5.41, 5.74) is 0. The molecule has 1 aromatic heterocycles. The summed E-state index contributed by atoms with van der Waals surface area (Å²) in [6.07, 6.45) is 0. The molecule has 1 atom stereocenters. The second-order valence-corrected chi connectivity index (χ2v) is 6.66. The third-order valence-electron chi connectivity index (χ3n) is 1.69. The molecule has 0 bridgehead atoms. The normalized spacial score (nSPS) is 23.3. The van der Waals surface area contributed by atoms with Crippen LogP contribution in [0.2, 0.25) is 0 Å². The van der Waals surface area contributed by atoms with Gasteiger partial charge in [0, 0.05) is 6.54 Å². The molecule has 1 aliphatic heterocycles. The van der Waals surface area contributed by atoms with E-state index in [0.717, 1.165) is 19.8 Å². The fraction of sp³-hybridized carbons (Fsp3) is 0.500. The van der Waals surface area contributed by atoms with Crippen LogP contribution in [0, 0.1) is 0 Å². The highest BCUT2D eigenvalue weighted by Crippen LogP contribution is 2.32. The molecule has 2 heterocycles. The fourth-order valence-electron chi connectivity index (χ4n) is 1.12. The van der Waals surface area contributed by atoms with E-state index < -0.39 is 0 Å². The van der Waals surface area contributed by atoms with E-state index in [0.29, 0.717) is 5.37 Å². The van der Waals surface area contributed by atoms with Crippen molar-refractivity contribution in [3.63, 3.8) is 0 Å². The van der Waals surface area contributed by atoms with Crippen molar-refractivity contribution in [2.75, 3.05) is 19.8 Å². The second kappa shape index (κ2) is 4.79. The van der Waals surface area contributed by atoms with Gasteiger partial charge < -0.3 is 10.1 Å². The van der Waals surface area contributed by atoms with Crippen molar-refractivity contribution in [3.8, 4) is 0 Å². The van der Waals surface area contributed by atoms with E-state index >= 15 is 0 Å². The van der Waals surface area contributed by atoms with Crippen LogP contribution in [0.3, 0.4) is 0 Å². The Morgan fingerprint density at radius 1 is 1.62 bits per heavy atom. The molecule has 0 saturated carbocycles. The van der Waals surface area contributed by atoms with Crippen LogP contribution in [0.15, 0.2) is 20.1 Å². The molecule has 1 aromatic rings. The molecule has 5 heteroatoms. The summed E-state index contributed by atoms with van der Waals surface area (Å²) < 4.78 is 7.89. The average Bonchev–Trinajstić information content (AvgIpc) is 2.53. The lowest BCUT2D eigenvalue weighted by molar-refractivity contribution is 0.100. The van der Waals surface area contributed by atoms with Gasteiger partial charge in [0.25, 0.3) is 0 Å². The van der Waals surface area contributed by atoms with Gasteiger partial charge in [-0.15, -0.1) is 11.3 Å². The summed E-state index contributed by atoms with van der Waals surface area (Å²) >= 11 is 7.05. The summed E-state index contributed by atoms with van der Waals surface area (Å²) in [5.74, 6) is 0. The molecule has 2 nitrogen and oxygen atoms in total. The minimum atomic E-state index is 0.416. The maximum atomic E-state index is 5.37. The number of nitrogens with one attached hydrogen (secondary N) is 1. The highest BCUT2D eigenvalue weighted by molar-refractivity contribution is 9.11. The summed E-state index contributed by atoms with van der Waals surface area (Å²) in [5, 5.41) is 3.82. The second-order valence-electron chi connectivity index (χ2n) is 2.69. The van der Waals surface area contributed by atoms with Crippen LogP contribution in [-0.2, 0) is 4.74 Å². The molecule has 1 saturated heterocycles. The van der Waals surface area contributed by atoms with Gasteiger partial charge in [-0.2, -0.15) is 0 Å². The average molecular weight is 280 g/mol. The van der Waals surface area contributed by atoms with E-state index in [1.165, 1.54) is 8.00 Å². The Kier molecular flexibility index (Phi) is 3.68. The van der Waals surface area contributed by atoms with E-state index in [1.807, 2.05) is 11.8 Å². The Balaban J connectivity index is 1.89. The molecule has 0 amide bonds. The molecule has 0 aromatic carbocycles. The van der Waals surface area contributed by atoms with Gasteiger partial charge in [-0.3, -0.25) is 0 Å². The first-order valence-corrected chi connectivity index (χ1v) is 6.56. The molecule has 1 N–H and O–H groups in total. The largest absolute Gasteiger partial charge is 0.378 e. The lowest BCUT2D eigenvalue weighted by Crippen LogP contribution is -2.38. The Morgan fingerprint density at radius 3 is 3.15 bits per heavy atom. The Labute approximate surface area is 94.2 Å². The van der Waals surface area contributed by atoms with Crippen molar-refractivity contribution < 1.29 is 4.74 Å². The van der Waals surface area contributed by atoms with Gasteiger partial charge in [0.05, 0.1) is 26.6 Å². The molecule has 0 spiro atoms. The predicted molar refractivity (Wildman–Crippen MR) is 60.5 cm³/mol. The number of thiophene rings is 1. The van der Waals surface area contributed by atoms with Gasteiger partial charge in [0.1, 0.15) is 0 Å². The van der Waals surface area contributed by atoms with Gasteiger partial charge >= 0.3 is 0 Å². The molecule has 1 fully saturated rings. The van der Waals surface area contributed by atoms with E-state index in [4.69, 9.17) is 4.74 Å². The van der Waals surface area contributed by atoms with Crippen molar-refractivity contribution >= 4 is 39.0 Å². The summed E-state index contributed by atoms with van der Waals surface area (Å²) in [6.45, 7) is 2.61. The highest BCUT2D eigenvalue weighted by Gasteiger charge is 2.14. The highest BCUT2D eigenvalue weighted by atomic mass is 79.9. The van der Waals surface area contributed by atoms with E-state index in [9.17, 15) is 0 Å².